The Kier molecular flexibility index (Phi) is 5.58. The number of carbonyl (C=O) groups is 2. The molecule has 1 fully saturated rings. The van der Waals surface area contributed by atoms with Gasteiger partial charge < -0.3 is 9.80 Å². The van der Waals surface area contributed by atoms with Crippen LogP contribution in [0, 0.1) is 5.92 Å². The molecule has 1 heterocycles. The van der Waals surface area contributed by atoms with Crippen molar-refractivity contribution in [2.24, 2.45) is 5.92 Å². The largest absolute Gasteiger partial charge is 0.341 e. The highest BCUT2D eigenvalue weighted by molar-refractivity contribution is 5.97. The van der Waals surface area contributed by atoms with E-state index in [0.29, 0.717) is 5.92 Å². The van der Waals surface area contributed by atoms with E-state index in [0.717, 1.165) is 31.6 Å². The van der Waals surface area contributed by atoms with E-state index in [4.69, 9.17) is 0 Å². The zero-order valence-electron chi connectivity index (χ0n) is 13.8. The minimum atomic E-state index is -0.0948. The second-order valence-corrected chi connectivity index (χ2v) is 6.21. The van der Waals surface area contributed by atoms with Crippen molar-refractivity contribution in [1.29, 1.82) is 0 Å². The Hall–Kier alpha value is -1.84. The van der Waals surface area contributed by atoms with E-state index in [-0.39, 0.29) is 18.4 Å². The van der Waals surface area contributed by atoms with Crippen LogP contribution in [-0.2, 0) is 16.0 Å². The molecule has 0 bridgehead atoms. The standard InChI is InChI=1S/C18H26N2O2/c1-4-16-7-9-17(10-8-16)20(15(3)21)13-18(22)19-11-5-6-14(2)12-19/h7-10,14H,4-6,11-13H2,1-3H3. The average molecular weight is 302 g/mol. The molecule has 1 saturated heterocycles. The Morgan fingerprint density at radius 2 is 1.95 bits per heavy atom. The Morgan fingerprint density at radius 3 is 2.50 bits per heavy atom. The summed E-state index contributed by atoms with van der Waals surface area (Å²) in [7, 11) is 0. The van der Waals surface area contributed by atoms with Gasteiger partial charge in [0.2, 0.25) is 11.8 Å². The highest BCUT2D eigenvalue weighted by atomic mass is 16.2. The summed E-state index contributed by atoms with van der Waals surface area (Å²) in [6.07, 6.45) is 3.20. The zero-order chi connectivity index (χ0) is 16.1. The van der Waals surface area contributed by atoms with Crippen molar-refractivity contribution < 1.29 is 9.59 Å². The number of benzene rings is 1. The van der Waals surface area contributed by atoms with E-state index in [1.54, 1.807) is 4.90 Å². The summed E-state index contributed by atoms with van der Waals surface area (Å²) in [6.45, 7) is 7.53. The van der Waals surface area contributed by atoms with Gasteiger partial charge in [-0.05, 0) is 42.9 Å². The van der Waals surface area contributed by atoms with E-state index < -0.39 is 0 Å². The first kappa shape index (κ1) is 16.5. The van der Waals surface area contributed by atoms with Crippen LogP contribution in [0.4, 0.5) is 5.69 Å². The van der Waals surface area contributed by atoms with E-state index >= 15 is 0 Å². The van der Waals surface area contributed by atoms with Crippen LogP contribution in [-0.4, -0.2) is 36.3 Å². The summed E-state index contributed by atoms with van der Waals surface area (Å²) < 4.78 is 0. The highest BCUT2D eigenvalue weighted by Crippen LogP contribution is 2.19. The predicted octanol–water partition coefficient (Wildman–Crippen LogP) is 2.86. The van der Waals surface area contributed by atoms with Crippen molar-refractivity contribution in [1.82, 2.24) is 4.90 Å². The maximum absolute atomic E-state index is 12.5. The second kappa shape index (κ2) is 7.43. The number of rotatable bonds is 4. The number of carbonyl (C=O) groups excluding carboxylic acids is 2. The lowest BCUT2D eigenvalue weighted by Gasteiger charge is -2.32. The quantitative estimate of drug-likeness (QED) is 0.858. The normalized spacial score (nSPS) is 18.1. The average Bonchev–Trinajstić information content (AvgIpc) is 2.52. The van der Waals surface area contributed by atoms with E-state index in [9.17, 15) is 9.59 Å². The van der Waals surface area contributed by atoms with Gasteiger partial charge in [0.25, 0.3) is 0 Å². The van der Waals surface area contributed by atoms with E-state index in [1.165, 1.54) is 18.9 Å². The van der Waals surface area contributed by atoms with E-state index in [2.05, 4.69) is 13.8 Å². The fraction of sp³-hybridized carbons (Fsp3) is 0.556. The number of anilines is 1. The van der Waals surface area contributed by atoms with Gasteiger partial charge in [-0.2, -0.15) is 0 Å². The summed E-state index contributed by atoms with van der Waals surface area (Å²) in [6, 6.07) is 7.87. The molecular formula is C18H26N2O2. The maximum atomic E-state index is 12.5. The van der Waals surface area contributed by atoms with Gasteiger partial charge in [-0.15, -0.1) is 0 Å². The third-order valence-corrected chi connectivity index (χ3v) is 4.34. The molecule has 1 aliphatic rings. The summed E-state index contributed by atoms with van der Waals surface area (Å²) in [5, 5.41) is 0. The van der Waals surface area contributed by atoms with Crippen LogP contribution in [0.15, 0.2) is 24.3 Å². The SMILES string of the molecule is CCc1ccc(N(CC(=O)N2CCCC(C)C2)C(C)=O)cc1. The van der Waals surface area contributed by atoms with Crippen molar-refractivity contribution in [2.45, 2.75) is 40.0 Å². The van der Waals surface area contributed by atoms with Crippen LogP contribution in [0.5, 0.6) is 0 Å². The molecular weight excluding hydrogens is 276 g/mol. The molecule has 0 saturated carbocycles. The summed E-state index contributed by atoms with van der Waals surface area (Å²) in [4.78, 5) is 27.9. The number of aryl methyl sites for hydroxylation is 1. The molecule has 1 aromatic carbocycles. The van der Waals surface area contributed by atoms with Gasteiger partial charge in [0.15, 0.2) is 0 Å². The van der Waals surface area contributed by atoms with Gasteiger partial charge in [0, 0.05) is 25.7 Å². The fourth-order valence-corrected chi connectivity index (χ4v) is 2.95. The van der Waals surface area contributed by atoms with Crippen molar-refractivity contribution in [2.75, 3.05) is 24.5 Å². The second-order valence-electron chi connectivity index (χ2n) is 6.21. The molecule has 1 unspecified atom stereocenters. The molecule has 0 spiro atoms. The van der Waals surface area contributed by atoms with Crippen LogP contribution < -0.4 is 4.90 Å². The first-order valence-electron chi connectivity index (χ1n) is 8.16. The Bertz CT molecular complexity index is 524. The molecule has 1 atom stereocenters. The molecule has 1 aromatic rings. The first-order valence-corrected chi connectivity index (χ1v) is 8.16. The van der Waals surface area contributed by atoms with Crippen LogP contribution in [0.2, 0.25) is 0 Å². The number of likely N-dealkylation sites (tertiary alicyclic amines) is 1. The van der Waals surface area contributed by atoms with Gasteiger partial charge in [0.05, 0.1) is 0 Å². The number of piperidine rings is 1. The summed E-state index contributed by atoms with van der Waals surface area (Å²) >= 11 is 0. The Balaban J connectivity index is 2.07. The van der Waals surface area contributed by atoms with Crippen molar-refractivity contribution in [3.63, 3.8) is 0 Å². The zero-order valence-corrected chi connectivity index (χ0v) is 13.8. The fourth-order valence-electron chi connectivity index (χ4n) is 2.95. The molecule has 2 rings (SSSR count). The first-order chi connectivity index (χ1) is 10.5. The molecule has 2 amide bonds. The van der Waals surface area contributed by atoms with Crippen LogP contribution in [0.25, 0.3) is 0 Å². The molecule has 4 heteroatoms. The molecule has 0 N–H and O–H groups in total. The predicted molar refractivity (Wildman–Crippen MR) is 88.8 cm³/mol. The van der Waals surface area contributed by atoms with Gasteiger partial charge in [-0.1, -0.05) is 26.0 Å². The van der Waals surface area contributed by atoms with E-state index in [1.807, 2.05) is 29.2 Å². The number of nitrogens with zero attached hydrogens (tertiary/aromatic N) is 2. The molecule has 0 aliphatic carbocycles. The van der Waals surface area contributed by atoms with Gasteiger partial charge in [0.1, 0.15) is 6.54 Å². The third-order valence-electron chi connectivity index (χ3n) is 4.34. The van der Waals surface area contributed by atoms with Gasteiger partial charge >= 0.3 is 0 Å². The molecule has 22 heavy (non-hydrogen) atoms. The van der Waals surface area contributed by atoms with Crippen LogP contribution >= 0.6 is 0 Å². The van der Waals surface area contributed by atoms with Crippen LogP contribution in [0.3, 0.4) is 0 Å². The lowest BCUT2D eigenvalue weighted by molar-refractivity contribution is -0.132. The number of hydrogen-bond donors (Lipinski definition) is 0. The van der Waals surface area contributed by atoms with Crippen molar-refractivity contribution >= 4 is 17.5 Å². The third kappa shape index (κ3) is 4.09. The molecule has 4 nitrogen and oxygen atoms in total. The molecule has 0 radical (unpaired) electrons. The topological polar surface area (TPSA) is 40.6 Å². The van der Waals surface area contributed by atoms with Gasteiger partial charge in [-0.25, -0.2) is 0 Å². The smallest absolute Gasteiger partial charge is 0.242 e. The lowest BCUT2D eigenvalue weighted by atomic mass is 10.0. The monoisotopic (exact) mass is 302 g/mol. The molecule has 120 valence electrons. The summed E-state index contributed by atoms with van der Waals surface area (Å²) in [5.74, 6) is 0.497. The number of hydrogen-bond acceptors (Lipinski definition) is 2. The minimum absolute atomic E-state index is 0.0429. The van der Waals surface area contributed by atoms with Crippen LogP contribution in [0.1, 0.15) is 39.2 Å². The highest BCUT2D eigenvalue weighted by Gasteiger charge is 2.24. The maximum Gasteiger partial charge on any atom is 0.242 e. The van der Waals surface area contributed by atoms with Gasteiger partial charge in [-0.3, -0.25) is 9.59 Å². The minimum Gasteiger partial charge on any atom is -0.341 e. The Labute approximate surface area is 133 Å². The lowest BCUT2D eigenvalue weighted by Crippen LogP contribution is -2.46. The Morgan fingerprint density at radius 1 is 1.27 bits per heavy atom. The number of amides is 2. The molecule has 1 aliphatic heterocycles. The molecule has 0 aromatic heterocycles. The van der Waals surface area contributed by atoms with Crippen molar-refractivity contribution in [3.8, 4) is 0 Å². The summed E-state index contributed by atoms with van der Waals surface area (Å²) in [5.41, 5.74) is 2.02. The van der Waals surface area contributed by atoms with Crippen molar-refractivity contribution in [3.05, 3.63) is 29.8 Å².